The number of nitrogens with zero attached hydrogens (tertiary/aromatic N) is 4. The summed E-state index contributed by atoms with van der Waals surface area (Å²) in [4.78, 5) is 12.6. The van der Waals surface area contributed by atoms with Gasteiger partial charge in [-0.15, -0.1) is 0 Å². The highest BCUT2D eigenvalue weighted by molar-refractivity contribution is 5.79. The molecule has 0 unspecified atom stereocenters. The van der Waals surface area contributed by atoms with Crippen molar-refractivity contribution in [2.45, 2.75) is 33.2 Å². The fourth-order valence-electron chi connectivity index (χ4n) is 5.25. The van der Waals surface area contributed by atoms with Gasteiger partial charge in [-0.3, -0.25) is 14.8 Å². The van der Waals surface area contributed by atoms with Gasteiger partial charge < -0.3 is 9.64 Å². The third-order valence-corrected chi connectivity index (χ3v) is 7.12. The first-order chi connectivity index (χ1) is 15.6. The minimum Gasteiger partial charge on any atom is -0.379 e. The third-order valence-electron chi connectivity index (χ3n) is 7.12. The summed E-state index contributed by atoms with van der Waals surface area (Å²) in [6.45, 7) is 16.0. The van der Waals surface area contributed by atoms with E-state index in [1.807, 2.05) is 0 Å². The number of hydrogen-bond acceptors (Lipinski definition) is 5. The average molecular weight is 433 g/mol. The van der Waals surface area contributed by atoms with Crippen LogP contribution in [0.5, 0.6) is 0 Å². The summed E-state index contributed by atoms with van der Waals surface area (Å²) in [7, 11) is 0. The lowest BCUT2D eigenvalue weighted by molar-refractivity contribution is 0.0422. The lowest BCUT2D eigenvalue weighted by Crippen LogP contribution is -2.48. The molecule has 5 heteroatoms. The number of piperazine rings is 1. The van der Waals surface area contributed by atoms with E-state index in [0.717, 1.165) is 76.8 Å². The normalized spacial score (nSPS) is 20.0. The molecule has 32 heavy (non-hydrogen) atoms. The van der Waals surface area contributed by atoms with E-state index in [2.05, 4.69) is 71.9 Å². The third kappa shape index (κ3) is 4.61. The van der Waals surface area contributed by atoms with Crippen LogP contribution in [0.2, 0.25) is 0 Å². The van der Waals surface area contributed by atoms with Gasteiger partial charge in [0.05, 0.1) is 18.9 Å². The van der Waals surface area contributed by atoms with Crippen LogP contribution in [0.1, 0.15) is 30.7 Å². The minimum atomic E-state index is 0.634. The highest BCUT2D eigenvalue weighted by atomic mass is 16.5. The molecule has 3 heterocycles. The minimum absolute atomic E-state index is 0.634. The molecular weight excluding hydrogens is 396 g/mol. The van der Waals surface area contributed by atoms with Gasteiger partial charge in [-0.1, -0.05) is 23.8 Å². The van der Waals surface area contributed by atoms with E-state index in [4.69, 9.17) is 9.72 Å². The second-order valence-electron chi connectivity index (χ2n) is 9.72. The van der Waals surface area contributed by atoms with Crippen molar-refractivity contribution in [3.05, 3.63) is 52.7 Å². The van der Waals surface area contributed by atoms with Crippen molar-refractivity contribution in [2.75, 3.05) is 63.9 Å². The lowest BCUT2D eigenvalue weighted by Gasteiger charge is -2.38. The molecular formula is C27H36N4O. The maximum atomic E-state index is 5.51. The summed E-state index contributed by atoms with van der Waals surface area (Å²) < 4.78 is 5.51. The van der Waals surface area contributed by atoms with Crippen molar-refractivity contribution in [2.24, 2.45) is 0 Å². The number of morpholine rings is 1. The molecule has 170 valence electrons. The van der Waals surface area contributed by atoms with E-state index in [0.29, 0.717) is 6.04 Å². The van der Waals surface area contributed by atoms with E-state index in [1.165, 1.54) is 28.0 Å². The maximum absolute atomic E-state index is 5.51. The quantitative estimate of drug-likeness (QED) is 0.716. The van der Waals surface area contributed by atoms with E-state index < -0.39 is 0 Å². The highest BCUT2D eigenvalue weighted by Gasteiger charge is 2.22. The van der Waals surface area contributed by atoms with Gasteiger partial charge in [0, 0.05) is 74.4 Å². The largest absolute Gasteiger partial charge is 0.379 e. The summed E-state index contributed by atoms with van der Waals surface area (Å²) in [5.41, 5.74) is 9.02. The van der Waals surface area contributed by atoms with Gasteiger partial charge in [0.2, 0.25) is 0 Å². The van der Waals surface area contributed by atoms with Crippen LogP contribution in [0.4, 0.5) is 5.69 Å². The molecule has 0 amide bonds. The number of ether oxygens (including phenoxy) is 1. The first-order valence-corrected chi connectivity index (χ1v) is 12.2. The predicted octanol–water partition coefficient (Wildman–Crippen LogP) is 3.86. The van der Waals surface area contributed by atoms with Gasteiger partial charge in [0.1, 0.15) is 0 Å². The van der Waals surface area contributed by atoms with Crippen LogP contribution >= 0.6 is 0 Å². The zero-order valence-corrected chi connectivity index (χ0v) is 19.8. The molecule has 2 aliphatic heterocycles. The van der Waals surface area contributed by atoms with Crippen LogP contribution in [0, 0.1) is 6.92 Å². The van der Waals surface area contributed by atoms with E-state index in [1.54, 1.807) is 0 Å². The van der Waals surface area contributed by atoms with E-state index in [-0.39, 0.29) is 0 Å². The van der Waals surface area contributed by atoms with Crippen LogP contribution in [-0.4, -0.2) is 79.9 Å². The second-order valence-corrected chi connectivity index (χ2v) is 9.72. The van der Waals surface area contributed by atoms with Crippen LogP contribution < -0.4 is 4.90 Å². The Kier molecular flexibility index (Phi) is 6.31. The molecule has 1 aliphatic carbocycles. The van der Waals surface area contributed by atoms with Gasteiger partial charge in [-0.05, 0) is 51.0 Å². The summed E-state index contributed by atoms with van der Waals surface area (Å²) in [5.74, 6) is 0. The number of pyridine rings is 1. The summed E-state index contributed by atoms with van der Waals surface area (Å²) in [6, 6.07) is 12.0. The van der Waals surface area contributed by atoms with Gasteiger partial charge in [0.15, 0.2) is 0 Å². The Morgan fingerprint density at radius 1 is 0.969 bits per heavy atom. The number of fused-ring (bicyclic) bond motifs is 1. The van der Waals surface area contributed by atoms with Gasteiger partial charge in [-0.2, -0.15) is 0 Å². The SMILES string of the molecule is Cc1cc2c(c(-c3ccc(N4CCN(C(C)C)CC4)cc3)n1)C=C(CN1CCOCC1)C2. The van der Waals surface area contributed by atoms with Crippen molar-refractivity contribution >= 4 is 11.8 Å². The summed E-state index contributed by atoms with van der Waals surface area (Å²) >= 11 is 0. The summed E-state index contributed by atoms with van der Waals surface area (Å²) in [6.07, 6.45) is 3.44. The van der Waals surface area contributed by atoms with Crippen molar-refractivity contribution in [3.63, 3.8) is 0 Å². The lowest BCUT2D eigenvalue weighted by atomic mass is 10.0. The Bertz CT molecular complexity index is 968. The van der Waals surface area contributed by atoms with Crippen molar-refractivity contribution in [1.29, 1.82) is 0 Å². The molecule has 0 bridgehead atoms. The standard InChI is InChI=1S/C27H36N4O/c1-20(2)30-8-10-31(11-9-30)25-6-4-23(5-7-25)27-26-18-22(17-24(26)16-21(3)28-27)19-29-12-14-32-15-13-29/h4-7,16,18,20H,8-15,17,19H2,1-3H3. The molecule has 5 nitrogen and oxygen atoms in total. The Hall–Kier alpha value is -2.21. The number of rotatable bonds is 5. The maximum Gasteiger partial charge on any atom is 0.0780 e. The topological polar surface area (TPSA) is 31.8 Å². The molecule has 0 atom stereocenters. The molecule has 2 aromatic rings. The van der Waals surface area contributed by atoms with Crippen LogP contribution in [0.3, 0.4) is 0 Å². The number of aryl methyl sites for hydroxylation is 1. The zero-order valence-electron chi connectivity index (χ0n) is 19.8. The fraction of sp³-hybridized carbons (Fsp3) is 0.519. The molecule has 0 saturated carbocycles. The molecule has 0 spiro atoms. The first-order valence-electron chi connectivity index (χ1n) is 12.2. The van der Waals surface area contributed by atoms with Gasteiger partial charge in [0.25, 0.3) is 0 Å². The Morgan fingerprint density at radius 2 is 1.69 bits per heavy atom. The average Bonchev–Trinajstić information content (AvgIpc) is 3.21. The molecule has 1 aromatic heterocycles. The number of benzene rings is 1. The smallest absolute Gasteiger partial charge is 0.0780 e. The number of hydrogen-bond donors (Lipinski definition) is 0. The first kappa shape index (κ1) is 21.6. The van der Waals surface area contributed by atoms with Crippen molar-refractivity contribution in [3.8, 4) is 11.3 Å². The predicted molar refractivity (Wildman–Crippen MR) is 132 cm³/mol. The Morgan fingerprint density at radius 3 is 2.38 bits per heavy atom. The Labute approximate surface area is 192 Å². The van der Waals surface area contributed by atoms with Gasteiger partial charge in [-0.25, -0.2) is 0 Å². The Balaban J connectivity index is 1.33. The molecule has 0 radical (unpaired) electrons. The number of aromatic nitrogens is 1. The molecule has 0 N–H and O–H groups in total. The van der Waals surface area contributed by atoms with E-state index >= 15 is 0 Å². The van der Waals surface area contributed by atoms with Crippen LogP contribution in [0.25, 0.3) is 17.3 Å². The molecule has 2 saturated heterocycles. The van der Waals surface area contributed by atoms with Crippen LogP contribution in [-0.2, 0) is 11.2 Å². The van der Waals surface area contributed by atoms with Crippen LogP contribution in [0.15, 0.2) is 35.9 Å². The molecule has 2 fully saturated rings. The second kappa shape index (κ2) is 9.34. The van der Waals surface area contributed by atoms with Crippen molar-refractivity contribution in [1.82, 2.24) is 14.8 Å². The molecule has 3 aliphatic rings. The number of anilines is 1. The zero-order chi connectivity index (χ0) is 22.1. The molecule has 1 aromatic carbocycles. The molecule has 5 rings (SSSR count). The van der Waals surface area contributed by atoms with Crippen molar-refractivity contribution < 1.29 is 4.74 Å². The monoisotopic (exact) mass is 432 g/mol. The van der Waals surface area contributed by atoms with Gasteiger partial charge >= 0.3 is 0 Å². The fourth-order valence-corrected chi connectivity index (χ4v) is 5.25. The van der Waals surface area contributed by atoms with E-state index in [9.17, 15) is 0 Å². The summed E-state index contributed by atoms with van der Waals surface area (Å²) in [5, 5.41) is 0. The highest BCUT2D eigenvalue weighted by Crippen LogP contribution is 2.34.